The van der Waals surface area contributed by atoms with Gasteiger partial charge in [-0.1, -0.05) is 102 Å². The second kappa shape index (κ2) is 15.8. The lowest BCUT2D eigenvalue weighted by Gasteiger charge is -2.03. The molecule has 0 aliphatic carbocycles. The first kappa shape index (κ1) is 35.3. The van der Waals surface area contributed by atoms with E-state index >= 15 is 0 Å². The van der Waals surface area contributed by atoms with Crippen LogP contribution in [0.15, 0.2) is 106 Å². The number of unbranched alkanes of at least 4 members (excludes halogenated alkanes) is 10. The van der Waals surface area contributed by atoms with Gasteiger partial charge in [0, 0.05) is 41.1 Å². The zero-order valence-corrected chi connectivity index (χ0v) is 33.4. The summed E-state index contributed by atoms with van der Waals surface area (Å²) in [5, 5.41) is 9.34. The molecule has 0 radical (unpaired) electrons. The van der Waals surface area contributed by atoms with Gasteiger partial charge in [0.15, 0.2) is 0 Å². The Morgan fingerprint density at radius 1 is 0.370 bits per heavy atom. The highest BCUT2D eigenvalue weighted by Crippen LogP contribution is 2.41. The van der Waals surface area contributed by atoms with E-state index < -0.39 is 0 Å². The van der Waals surface area contributed by atoms with E-state index in [0.29, 0.717) is 0 Å². The highest BCUT2D eigenvalue weighted by molar-refractivity contribution is 7.15. The molecule has 0 bridgehead atoms. The molecule has 0 aliphatic heterocycles. The predicted octanol–water partition coefficient (Wildman–Crippen LogP) is 17.1. The average molecular weight is 747 g/mol. The van der Waals surface area contributed by atoms with Gasteiger partial charge in [0.25, 0.3) is 0 Å². The van der Waals surface area contributed by atoms with Crippen LogP contribution < -0.4 is 0 Å². The summed E-state index contributed by atoms with van der Waals surface area (Å²) in [4.78, 5) is 5.69. The van der Waals surface area contributed by atoms with Gasteiger partial charge in [0.2, 0.25) is 0 Å². The van der Waals surface area contributed by atoms with E-state index in [2.05, 4.69) is 111 Å². The van der Waals surface area contributed by atoms with Crippen molar-refractivity contribution in [2.75, 3.05) is 0 Å². The van der Waals surface area contributed by atoms with Crippen molar-refractivity contribution in [2.45, 2.75) is 104 Å². The molecular weight excluding hydrogens is 697 g/mol. The molecule has 54 heavy (non-hydrogen) atoms. The van der Waals surface area contributed by atoms with E-state index in [1.807, 2.05) is 22.7 Å². The van der Waals surface area contributed by atoms with Crippen LogP contribution in [0.4, 0.5) is 0 Å². The Balaban J connectivity index is 0.978. The summed E-state index contributed by atoms with van der Waals surface area (Å²) in [6, 6.07) is 36.4. The first-order valence-corrected chi connectivity index (χ1v) is 22.1. The van der Waals surface area contributed by atoms with Crippen LogP contribution in [0.1, 0.15) is 101 Å². The number of hydrogen-bond donors (Lipinski definition) is 0. The van der Waals surface area contributed by atoms with Gasteiger partial charge >= 0.3 is 0 Å². The summed E-state index contributed by atoms with van der Waals surface area (Å²) >= 11 is 3.90. The maximum absolute atomic E-state index is 6.55. The molecule has 9 aromatic rings. The fraction of sp³-hybridized carbons (Fsp3) is 0.320. The molecular formula is C50H50O2S2. The smallest absolute Gasteiger partial charge is 0.136 e. The third-order valence-electron chi connectivity index (χ3n) is 11.4. The van der Waals surface area contributed by atoms with Gasteiger partial charge < -0.3 is 8.83 Å². The monoisotopic (exact) mass is 746 g/mol. The fourth-order valence-corrected chi connectivity index (χ4v) is 10.4. The molecule has 0 saturated carbocycles. The van der Waals surface area contributed by atoms with Gasteiger partial charge in [-0.3, -0.25) is 0 Å². The molecule has 4 heterocycles. The number of rotatable bonds is 16. The van der Waals surface area contributed by atoms with Crippen molar-refractivity contribution in [3.8, 4) is 20.9 Å². The van der Waals surface area contributed by atoms with Crippen molar-refractivity contribution in [1.29, 1.82) is 0 Å². The topological polar surface area (TPSA) is 26.3 Å². The van der Waals surface area contributed by atoms with Crippen LogP contribution in [0.3, 0.4) is 0 Å². The van der Waals surface area contributed by atoms with Crippen molar-refractivity contribution < 1.29 is 8.83 Å². The minimum Gasteiger partial charge on any atom is -0.456 e. The first-order chi connectivity index (χ1) is 26.6. The van der Waals surface area contributed by atoms with Crippen molar-refractivity contribution in [1.82, 2.24) is 0 Å². The average Bonchev–Trinajstić information content (AvgIpc) is 4.00. The quantitative estimate of drug-likeness (QED) is 0.0920. The van der Waals surface area contributed by atoms with Gasteiger partial charge in [0.05, 0.1) is 0 Å². The second-order valence-electron chi connectivity index (χ2n) is 15.4. The fourth-order valence-electron chi connectivity index (χ4n) is 8.33. The highest BCUT2D eigenvalue weighted by Gasteiger charge is 2.16. The van der Waals surface area contributed by atoms with E-state index in [0.717, 1.165) is 43.9 Å². The molecule has 0 unspecified atom stereocenters. The van der Waals surface area contributed by atoms with E-state index in [-0.39, 0.29) is 0 Å². The SMILES string of the molecule is CCCCCCCCc1ccc(-c2ccc3cc4oc5cc6c(cc5c4cc3c2)oc2cc3ccc(-c4ccc(CCCCCCCC)s4)cc3cc26)s1. The van der Waals surface area contributed by atoms with E-state index in [1.54, 1.807) is 0 Å². The summed E-state index contributed by atoms with van der Waals surface area (Å²) in [7, 11) is 0. The van der Waals surface area contributed by atoms with Gasteiger partial charge in [-0.05, 0) is 131 Å². The normalized spacial score (nSPS) is 12.2. The third-order valence-corrected chi connectivity index (χ3v) is 13.8. The molecule has 0 fully saturated rings. The molecule has 0 aliphatic rings. The summed E-state index contributed by atoms with van der Waals surface area (Å²) in [5.41, 5.74) is 6.22. The highest BCUT2D eigenvalue weighted by atomic mass is 32.1. The van der Waals surface area contributed by atoms with E-state index in [1.165, 1.54) is 142 Å². The molecule has 4 aromatic heterocycles. The number of aryl methyl sites for hydroxylation is 2. The Kier molecular flexibility index (Phi) is 10.3. The Morgan fingerprint density at radius 2 is 0.778 bits per heavy atom. The van der Waals surface area contributed by atoms with Gasteiger partial charge in [-0.25, -0.2) is 0 Å². The first-order valence-electron chi connectivity index (χ1n) is 20.5. The molecule has 0 saturated heterocycles. The van der Waals surface area contributed by atoms with Gasteiger partial charge in [-0.2, -0.15) is 0 Å². The lowest BCUT2D eigenvalue weighted by Crippen LogP contribution is -1.82. The number of hydrogen-bond acceptors (Lipinski definition) is 4. The van der Waals surface area contributed by atoms with Gasteiger partial charge in [-0.15, -0.1) is 22.7 Å². The molecule has 2 nitrogen and oxygen atoms in total. The van der Waals surface area contributed by atoms with Crippen molar-refractivity contribution >= 4 is 88.1 Å². The second-order valence-corrected chi connectivity index (χ2v) is 17.8. The Labute approximate surface area is 326 Å². The lowest BCUT2D eigenvalue weighted by atomic mass is 10.0. The molecule has 0 amide bonds. The van der Waals surface area contributed by atoms with Crippen molar-refractivity contribution in [3.63, 3.8) is 0 Å². The summed E-state index contributed by atoms with van der Waals surface area (Å²) in [5.74, 6) is 0. The Morgan fingerprint density at radius 3 is 1.24 bits per heavy atom. The molecule has 4 heteroatoms. The van der Waals surface area contributed by atoms with Crippen molar-refractivity contribution in [2.24, 2.45) is 0 Å². The Hall–Kier alpha value is -4.38. The molecule has 274 valence electrons. The minimum atomic E-state index is 0.902. The van der Waals surface area contributed by atoms with Crippen LogP contribution in [0.25, 0.3) is 86.3 Å². The molecule has 0 spiro atoms. The third kappa shape index (κ3) is 7.23. The molecule has 0 atom stereocenters. The number of benzene rings is 5. The number of furan rings is 2. The van der Waals surface area contributed by atoms with Crippen LogP contribution in [0.5, 0.6) is 0 Å². The lowest BCUT2D eigenvalue weighted by molar-refractivity contribution is 0.609. The van der Waals surface area contributed by atoms with Gasteiger partial charge in [0.1, 0.15) is 22.3 Å². The number of fused-ring (bicyclic) bond motifs is 8. The molecule has 0 N–H and O–H groups in total. The summed E-state index contributed by atoms with van der Waals surface area (Å²) in [6.07, 6.45) is 18.5. The summed E-state index contributed by atoms with van der Waals surface area (Å²) in [6.45, 7) is 4.57. The Bertz CT molecular complexity index is 2530. The predicted molar refractivity (Wildman–Crippen MR) is 237 cm³/mol. The van der Waals surface area contributed by atoms with E-state index in [4.69, 9.17) is 8.83 Å². The van der Waals surface area contributed by atoms with E-state index in [9.17, 15) is 0 Å². The summed E-state index contributed by atoms with van der Waals surface area (Å²) < 4.78 is 13.1. The molecule has 9 rings (SSSR count). The van der Waals surface area contributed by atoms with Crippen molar-refractivity contribution in [3.05, 3.63) is 107 Å². The number of thiophene rings is 2. The maximum Gasteiger partial charge on any atom is 0.136 e. The van der Waals surface area contributed by atoms with Crippen LogP contribution >= 0.6 is 22.7 Å². The van der Waals surface area contributed by atoms with Crippen LogP contribution in [0, 0.1) is 0 Å². The van der Waals surface area contributed by atoms with Crippen LogP contribution in [-0.2, 0) is 12.8 Å². The largest absolute Gasteiger partial charge is 0.456 e. The minimum absolute atomic E-state index is 0.902. The zero-order chi connectivity index (χ0) is 36.4. The molecule has 5 aromatic carbocycles. The van der Waals surface area contributed by atoms with Crippen LogP contribution in [0.2, 0.25) is 0 Å². The zero-order valence-electron chi connectivity index (χ0n) is 31.8. The van der Waals surface area contributed by atoms with Crippen LogP contribution in [-0.4, -0.2) is 0 Å². The standard InChI is InChI=1S/C50H50O2S2/c1-3-5-7-9-11-13-15-39-21-23-49(53-39)35-19-17-33-29-45-41(27-37(33)25-35)43-31-48-44(32-47(43)51-45)42-28-38-26-36(20-18-34(38)30-46(42)52-48)50-24-22-40(54-50)16-14-12-10-8-6-4-2/h17-32H,3-16H2,1-2H3. The maximum atomic E-state index is 6.55.